The lowest BCUT2D eigenvalue weighted by Crippen LogP contribution is -2.12. The maximum absolute atomic E-state index is 13.0. The summed E-state index contributed by atoms with van der Waals surface area (Å²) in [5, 5.41) is 9.23. The van der Waals surface area contributed by atoms with Crippen molar-refractivity contribution in [3.8, 4) is 23.4 Å². The van der Waals surface area contributed by atoms with Crippen LogP contribution in [-0.4, -0.2) is 17.1 Å². The van der Waals surface area contributed by atoms with E-state index in [0.29, 0.717) is 10.9 Å². The van der Waals surface area contributed by atoms with E-state index in [4.69, 9.17) is 14.7 Å². The van der Waals surface area contributed by atoms with Crippen LogP contribution in [0.4, 0.5) is 13.2 Å². The molecular formula is C17H10F3N3O2. The van der Waals surface area contributed by atoms with E-state index in [1.54, 1.807) is 18.2 Å². The fourth-order valence-electron chi connectivity index (χ4n) is 2.18. The van der Waals surface area contributed by atoms with Gasteiger partial charge in [0.1, 0.15) is 0 Å². The van der Waals surface area contributed by atoms with E-state index < -0.39 is 12.0 Å². The molecule has 0 atom stereocenters. The summed E-state index contributed by atoms with van der Waals surface area (Å²) < 4.78 is 49.8. The van der Waals surface area contributed by atoms with Crippen molar-refractivity contribution in [2.24, 2.45) is 0 Å². The molecule has 25 heavy (non-hydrogen) atoms. The quantitative estimate of drug-likeness (QED) is 0.707. The average molecular weight is 345 g/mol. The number of hydrogen-bond donors (Lipinski definition) is 0. The van der Waals surface area contributed by atoms with E-state index >= 15 is 0 Å². The van der Waals surface area contributed by atoms with E-state index in [1.165, 1.54) is 31.4 Å². The zero-order valence-electron chi connectivity index (χ0n) is 12.8. The van der Waals surface area contributed by atoms with Crippen molar-refractivity contribution in [1.82, 2.24) is 9.97 Å². The van der Waals surface area contributed by atoms with Gasteiger partial charge in [0, 0.05) is 6.07 Å². The van der Waals surface area contributed by atoms with Crippen molar-refractivity contribution in [3.05, 3.63) is 53.9 Å². The highest BCUT2D eigenvalue weighted by Crippen LogP contribution is 2.36. The number of ether oxygens (including phenoxy) is 2. The molecule has 1 heterocycles. The standard InChI is InChI=1S/C17H10F3N3O2/c1-24-14-8-10(9-21)6-7-13(14)25-15-11-4-2-3-5-12(11)22-16(23-15)17(18,19)20/h2-8H,1H3. The lowest BCUT2D eigenvalue weighted by Gasteiger charge is -2.13. The number of rotatable bonds is 3. The highest BCUT2D eigenvalue weighted by Gasteiger charge is 2.36. The number of fused-ring (bicyclic) bond motifs is 1. The normalized spacial score (nSPS) is 11.2. The van der Waals surface area contributed by atoms with Crippen LogP contribution in [0, 0.1) is 11.3 Å². The van der Waals surface area contributed by atoms with Gasteiger partial charge in [0.2, 0.25) is 11.7 Å². The Hall–Kier alpha value is -3.34. The first kappa shape index (κ1) is 16.5. The zero-order valence-corrected chi connectivity index (χ0v) is 12.8. The predicted octanol–water partition coefficient (Wildman–Crippen LogP) is 4.32. The number of halogens is 3. The Morgan fingerprint density at radius 1 is 1.04 bits per heavy atom. The molecule has 0 unspecified atom stereocenters. The summed E-state index contributed by atoms with van der Waals surface area (Å²) in [5.74, 6) is -1.21. The number of benzene rings is 2. The molecule has 0 N–H and O–H groups in total. The first-order valence-corrected chi connectivity index (χ1v) is 7.02. The van der Waals surface area contributed by atoms with Crippen molar-refractivity contribution in [2.75, 3.05) is 7.11 Å². The fourth-order valence-corrected chi connectivity index (χ4v) is 2.18. The molecular weight excluding hydrogens is 335 g/mol. The minimum Gasteiger partial charge on any atom is -0.493 e. The number of alkyl halides is 3. The molecule has 0 aliphatic carbocycles. The lowest BCUT2D eigenvalue weighted by molar-refractivity contribution is -0.144. The van der Waals surface area contributed by atoms with Gasteiger partial charge in [-0.05, 0) is 24.3 Å². The Morgan fingerprint density at radius 2 is 1.80 bits per heavy atom. The molecule has 0 saturated heterocycles. The largest absolute Gasteiger partial charge is 0.493 e. The molecule has 0 aliphatic rings. The van der Waals surface area contributed by atoms with Gasteiger partial charge in [-0.2, -0.15) is 23.4 Å². The summed E-state index contributed by atoms with van der Waals surface area (Å²) in [6, 6.07) is 12.5. The van der Waals surface area contributed by atoms with Gasteiger partial charge in [0.25, 0.3) is 0 Å². The second kappa shape index (κ2) is 6.28. The van der Waals surface area contributed by atoms with Crippen molar-refractivity contribution < 1.29 is 22.6 Å². The third-order valence-electron chi connectivity index (χ3n) is 3.32. The van der Waals surface area contributed by atoms with E-state index in [1.807, 2.05) is 6.07 Å². The molecule has 0 fully saturated rings. The molecule has 3 rings (SSSR count). The van der Waals surface area contributed by atoms with Gasteiger partial charge in [-0.1, -0.05) is 12.1 Å². The van der Waals surface area contributed by atoms with E-state index in [2.05, 4.69) is 9.97 Å². The van der Waals surface area contributed by atoms with Gasteiger partial charge >= 0.3 is 6.18 Å². The van der Waals surface area contributed by atoms with Crippen LogP contribution in [-0.2, 0) is 6.18 Å². The van der Waals surface area contributed by atoms with Crippen molar-refractivity contribution in [1.29, 1.82) is 5.26 Å². The SMILES string of the molecule is COc1cc(C#N)ccc1Oc1nc(C(F)(F)F)nc2ccccc12. The lowest BCUT2D eigenvalue weighted by atomic mass is 10.2. The Kier molecular flexibility index (Phi) is 4.15. The van der Waals surface area contributed by atoms with Gasteiger partial charge in [-0.15, -0.1) is 0 Å². The van der Waals surface area contributed by atoms with E-state index in [-0.39, 0.29) is 22.9 Å². The Bertz CT molecular complexity index is 981. The van der Waals surface area contributed by atoms with Crippen LogP contribution in [0.15, 0.2) is 42.5 Å². The van der Waals surface area contributed by atoms with Crippen molar-refractivity contribution in [2.45, 2.75) is 6.18 Å². The van der Waals surface area contributed by atoms with Gasteiger partial charge in [-0.25, -0.2) is 4.98 Å². The maximum atomic E-state index is 13.0. The first-order valence-electron chi connectivity index (χ1n) is 7.02. The molecule has 8 heteroatoms. The van der Waals surface area contributed by atoms with Crippen LogP contribution < -0.4 is 9.47 Å². The molecule has 5 nitrogen and oxygen atoms in total. The minimum atomic E-state index is -4.71. The summed E-state index contributed by atoms with van der Waals surface area (Å²) in [6.07, 6.45) is -4.71. The molecule has 0 saturated carbocycles. The second-order valence-corrected chi connectivity index (χ2v) is 4.95. The molecule has 0 radical (unpaired) electrons. The van der Waals surface area contributed by atoms with Crippen LogP contribution in [0.2, 0.25) is 0 Å². The molecule has 0 bridgehead atoms. The van der Waals surface area contributed by atoms with Crippen LogP contribution in [0.1, 0.15) is 11.4 Å². The molecule has 0 amide bonds. The zero-order chi connectivity index (χ0) is 18.0. The molecule has 1 aromatic heterocycles. The third-order valence-corrected chi connectivity index (χ3v) is 3.32. The summed E-state index contributed by atoms with van der Waals surface area (Å²) in [4.78, 5) is 7.03. The highest BCUT2D eigenvalue weighted by atomic mass is 19.4. The maximum Gasteiger partial charge on any atom is 0.451 e. The summed E-state index contributed by atoms with van der Waals surface area (Å²) >= 11 is 0. The van der Waals surface area contributed by atoms with E-state index in [9.17, 15) is 13.2 Å². The first-order chi connectivity index (χ1) is 11.9. The van der Waals surface area contributed by atoms with Crippen molar-refractivity contribution in [3.63, 3.8) is 0 Å². The molecule has 0 spiro atoms. The van der Waals surface area contributed by atoms with Crippen molar-refractivity contribution >= 4 is 10.9 Å². The monoisotopic (exact) mass is 345 g/mol. The number of hydrogen-bond acceptors (Lipinski definition) is 5. The smallest absolute Gasteiger partial charge is 0.451 e. The van der Waals surface area contributed by atoms with Crippen LogP contribution in [0.5, 0.6) is 17.4 Å². The number of para-hydroxylation sites is 1. The molecule has 126 valence electrons. The van der Waals surface area contributed by atoms with Crippen LogP contribution >= 0.6 is 0 Å². The predicted molar refractivity (Wildman–Crippen MR) is 82.3 cm³/mol. The summed E-state index contributed by atoms with van der Waals surface area (Å²) in [6.45, 7) is 0. The van der Waals surface area contributed by atoms with Gasteiger partial charge in [0.15, 0.2) is 11.5 Å². The fraction of sp³-hybridized carbons (Fsp3) is 0.118. The number of methoxy groups -OCH3 is 1. The Labute approximate surface area is 140 Å². The van der Waals surface area contributed by atoms with Crippen LogP contribution in [0.3, 0.4) is 0 Å². The van der Waals surface area contributed by atoms with Gasteiger partial charge in [0.05, 0.1) is 29.6 Å². The average Bonchev–Trinajstić information content (AvgIpc) is 2.61. The van der Waals surface area contributed by atoms with E-state index in [0.717, 1.165) is 0 Å². The molecule has 2 aromatic carbocycles. The number of aromatic nitrogens is 2. The number of nitrogens with zero attached hydrogens (tertiary/aromatic N) is 3. The summed E-state index contributed by atoms with van der Waals surface area (Å²) in [5.41, 5.74) is 0.431. The molecule has 0 aliphatic heterocycles. The highest BCUT2D eigenvalue weighted by molar-refractivity contribution is 5.83. The third kappa shape index (κ3) is 3.30. The topological polar surface area (TPSA) is 68.0 Å². The minimum absolute atomic E-state index is 0.104. The Morgan fingerprint density at radius 3 is 2.48 bits per heavy atom. The van der Waals surface area contributed by atoms with Crippen LogP contribution in [0.25, 0.3) is 10.9 Å². The van der Waals surface area contributed by atoms with Gasteiger partial charge < -0.3 is 9.47 Å². The molecule has 3 aromatic rings. The summed E-state index contributed by atoms with van der Waals surface area (Å²) in [7, 11) is 1.36. The number of nitriles is 1. The van der Waals surface area contributed by atoms with Gasteiger partial charge in [-0.3, -0.25) is 0 Å². The Balaban J connectivity index is 2.14. The second-order valence-electron chi connectivity index (χ2n) is 4.95.